The predicted molar refractivity (Wildman–Crippen MR) is 80.2 cm³/mol. The van der Waals surface area contributed by atoms with Gasteiger partial charge in [-0.05, 0) is 36.8 Å². The minimum Gasteiger partial charge on any atom is -0.308 e. The quantitative estimate of drug-likeness (QED) is 0.774. The summed E-state index contributed by atoms with van der Waals surface area (Å²) < 4.78 is 0. The smallest absolute Gasteiger partial charge is 0.0438 e. The van der Waals surface area contributed by atoms with Gasteiger partial charge in [-0.1, -0.05) is 26.8 Å². The van der Waals surface area contributed by atoms with Crippen molar-refractivity contribution < 1.29 is 0 Å². The standard InChI is InChI=1S/C15H26N2S/c1-4-17(13-7-8-13)10-9-16-15(12(2)3)14-6-5-11-18-14/h5-6,11-13,15-16H,4,7-10H2,1-3H3. The number of rotatable bonds is 8. The summed E-state index contributed by atoms with van der Waals surface area (Å²) in [5.41, 5.74) is 0. The van der Waals surface area contributed by atoms with Crippen molar-refractivity contribution in [3.63, 3.8) is 0 Å². The van der Waals surface area contributed by atoms with E-state index in [4.69, 9.17) is 0 Å². The first-order valence-electron chi connectivity index (χ1n) is 7.23. The van der Waals surface area contributed by atoms with Crippen molar-refractivity contribution >= 4 is 11.3 Å². The van der Waals surface area contributed by atoms with E-state index in [1.54, 1.807) is 0 Å². The summed E-state index contributed by atoms with van der Waals surface area (Å²) in [6, 6.07) is 5.80. The van der Waals surface area contributed by atoms with Crippen LogP contribution in [0.1, 0.15) is 44.5 Å². The van der Waals surface area contributed by atoms with E-state index in [1.807, 2.05) is 11.3 Å². The van der Waals surface area contributed by atoms with Crippen LogP contribution in [0.25, 0.3) is 0 Å². The first-order valence-corrected chi connectivity index (χ1v) is 8.11. The second kappa shape index (κ2) is 6.69. The van der Waals surface area contributed by atoms with Gasteiger partial charge in [0, 0.05) is 30.1 Å². The molecule has 1 unspecified atom stereocenters. The maximum atomic E-state index is 3.74. The fraction of sp³-hybridized carbons (Fsp3) is 0.733. The highest BCUT2D eigenvalue weighted by molar-refractivity contribution is 7.10. The van der Waals surface area contributed by atoms with E-state index in [2.05, 4.69) is 48.5 Å². The highest BCUT2D eigenvalue weighted by Crippen LogP contribution is 2.27. The van der Waals surface area contributed by atoms with Gasteiger partial charge in [-0.2, -0.15) is 0 Å². The molecule has 0 amide bonds. The van der Waals surface area contributed by atoms with Crippen LogP contribution >= 0.6 is 11.3 Å². The average Bonchev–Trinajstić information content (AvgIpc) is 3.04. The van der Waals surface area contributed by atoms with Crippen LogP contribution in [0.4, 0.5) is 0 Å². The van der Waals surface area contributed by atoms with Gasteiger partial charge < -0.3 is 5.32 Å². The highest BCUT2D eigenvalue weighted by Gasteiger charge is 2.27. The van der Waals surface area contributed by atoms with Gasteiger partial charge in [-0.15, -0.1) is 11.3 Å². The molecule has 2 rings (SSSR count). The van der Waals surface area contributed by atoms with Gasteiger partial charge in [0.15, 0.2) is 0 Å². The van der Waals surface area contributed by atoms with Crippen molar-refractivity contribution in [2.24, 2.45) is 5.92 Å². The number of likely N-dealkylation sites (N-methyl/N-ethyl adjacent to an activating group) is 1. The van der Waals surface area contributed by atoms with E-state index in [1.165, 1.54) is 30.8 Å². The third-order valence-corrected chi connectivity index (χ3v) is 4.70. The second-order valence-corrected chi connectivity index (χ2v) is 6.53. The molecule has 1 fully saturated rings. The van der Waals surface area contributed by atoms with Gasteiger partial charge in [0.2, 0.25) is 0 Å². The Morgan fingerprint density at radius 3 is 2.72 bits per heavy atom. The minimum absolute atomic E-state index is 0.517. The summed E-state index contributed by atoms with van der Waals surface area (Å²) in [5.74, 6) is 0.652. The summed E-state index contributed by atoms with van der Waals surface area (Å²) in [4.78, 5) is 4.08. The molecule has 0 spiro atoms. The molecule has 1 N–H and O–H groups in total. The van der Waals surface area contributed by atoms with E-state index < -0.39 is 0 Å². The normalized spacial score (nSPS) is 17.6. The SMILES string of the molecule is CCN(CCNC(c1cccs1)C(C)C)C1CC1. The number of hydrogen-bond acceptors (Lipinski definition) is 3. The van der Waals surface area contributed by atoms with Crippen molar-refractivity contribution in [3.05, 3.63) is 22.4 Å². The summed E-state index contributed by atoms with van der Waals surface area (Å²) in [7, 11) is 0. The van der Waals surface area contributed by atoms with Crippen LogP contribution < -0.4 is 5.32 Å². The molecule has 1 atom stereocenters. The Balaban J connectivity index is 1.79. The number of nitrogens with zero attached hydrogens (tertiary/aromatic N) is 1. The molecule has 3 heteroatoms. The Labute approximate surface area is 115 Å². The fourth-order valence-electron chi connectivity index (χ4n) is 2.54. The Morgan fingerprint density at radius 2 is 2.22 bits per heavy atom. The third kappa shape index (κ3) is 3.81. The maximum absolute atomic E-state index is 3.74. The summed E-state index contributed by atoms with van der Waals surface area (Å²) in [6.07, 6.45) is 2.82. The lowest BCUT2D eigenvalue weighted by molar-refractivity contribution is 0.266. The molecule has 1 aromatic heterocycles. The fourth-order valence-corrected chi connectivity index (χ4v) is 3.51. The van der Waals surface area contributed by atoms with Crippen molar-refractivity contribution in [2.75, 3.05) is 19.6 Å². The van der Waals surface area contributed by atoms with E-state index in [0.717, 1.165) is 12.6 Å². The highest BCUT2D eigenvalue weighted by atomic mass is 32.1. The second-order valence-electron chi connectivity index (χ2n) is 5.55. The first-order chi connectivity index (χ1) is 8.72. The average molecular weight is 266 g/mol. The zero-order chi connectivity index (χ0) is 13.0. The molecule has 2 nitrogen and oxygen atoms in total. The summed E-state index contributed by atoms with van der Waals surface area (Å²) in [5, 5.41) is 5.91. The molecule has 1 heterocycles. The third-order valence-electron chi connectivity index (χ3n) is 3.75. The Hall–Kier alpha value is -0.380. The maximum Gasteiger partial charge on any atom is 0.0438 e. The van der Waals surface area contributed by atoms with Crippen molar-refractivity contribution in [1.29, 1.82) is 0 Å². The molecule has 0 aliphatic heterocycles. The molecule has 1 aliphatic carbocycles. The van der Waals surface area contributed by atoms with Crippen molar-refractivity contribution in [2.45, 2.75) is 45.7 Å². The van der Waals surface area contributed by atoms with E-state index in [0.29, 0.717) is 12.0 Å². The largest absolute Gasteiger partial charge is 0.308 e. The van der Waals surface area contributed by atoms with Gasteiger partial charge in [0.25, 0.3) is 0 Å². The molecule has 0 radical (unpaired) electrons. The first kappa shape index (κ1) is 14.0. The van der Waals surface area contributed by atoms with E-state index in [9.17, 15) is 0 Å². The number of nitrogens with one attached hydrogen (secondary N) is 1. The number of thiophene rings is 1. The van der Waals surface area contributed by atoms with Gasteiger partial charge >= 0.3 is 0 Å². The van der Waals surface area contributed by atoms with Gasteiger partial charge in [-0.3, -0.25) is 4.90 Å². The lowest BCUT2D eigenvalue weighted by atomic mass is 10.0. The molecule has 1 aliphatic rings. The van der Waals surface area contributed by atoms with Gasteiger partial charge in [-0.25, -0.2) is 0 Å². The molecule has 0 aromatic carbocycles. The Morgan fingerprint density at radius 1 is 1.44 bits per heavy atom. The number of hydrogen-bond donors (Lipinski definition) is 1. The Bertz CT molecular complexity index is 330. The lowest BCUT2D eigenvalue weighted by Crippen LogP contribution is -2.36. The minimum atomic E-state index is 0.517. The molecule has 0 saturated heterocycles. The molecule has 1 aromatic rings. The summed E-state index contributed by atoms with van der Waals surface area (Å²) >= 11 is 1.87. The van der Waals surface area contributed by atoms with Crippen LogP contribution in [-0.4, -0.2) is 30.6 Å². The van der Waals surface area contributed by atoms with Crippen molar-refractivity contribution in [1.82, 2.24) is 10.2 Å². The van der Waals surface area contributed by atoms with Crippen molar-refractivity contribution in [3.8, 4) is 0 Å². The summed E-state index contributed by atoms with van der Waals surface area (Å²) in [6.45, 7) is 10.4. The van der Waals surface area contributed by atoms with Crippen LogP contribution in [-0.2, 0) is 0 Å². The Kier molecular flexibility index (Phi) is 5.22. The molecular weight excluding hydrogens is 240 g/mol. The van der Waals surface area contributed by atoms with Crippen LogP contribution in [0, 0.1) is 5.92 Å². The van der Waals surface area contributed by atoms with Crippen LogP contribution in [0.3, 0.4) is 0 Å². The molecule has 1 saturated carbocycles. The van der Waals surface area contributed by atoms with Gasteiger partial charge in [0.1, 0.15) is 0 Å². The lowest BCUT2D eigenvalue weighted by Gasteiger charge is -2.25. The zero-order valence-corrected chi connectivity index (χ0v) is 12.7. The molecular formula is C15H26N2S. The van der Waals surface area contributed by atoms with Crippen LogP contribution in [0.5, 0.6) is 0 Å². The van der Waals surface area contributed by atoms with Crippen LogP contribution in [0.15, 0.2) is 17.5 Å². The van der Waals surface area contributed by atoms with E-state index >= 15 is 0 Å². The predicted octanol–water partition coefficient (Wildman–Crippen LogP) is 3.52. The van der Waals surface area contributed by atoms with Crippen LogP contribution in [0.2, 0.25) is 0 Å². The topological polar surface area (TPSA) is 15.3 Å². The molecule has 0 bridgehead atoms. The zero-order valence-electron chi connectivity index (χ0n) is 11.9. The van der Waals surface area contributed by atoms with Gasteiger partial charge in [0.05, 0.1) is 0 Å². The molecule has 102 valence electrons. The molecule has 18 heavy (non-hydrogen) atoms. The monoisotopic (exact) mass is 266 g/mol. The van der Waals surface area contributed by atoms with E-state index in [-0.39, 0.29) is 0 Å².